The molecule has 5 nitrogen and oxygen atoms in total. The van der Waals surface area contributed by atoms with Gasteiger partial charge in [-0.3, -0.25) is 4.79 Å². The van der Waals surface area contributed by atoms with Gasteiger partial charge < -0.3 is 14.1 Å². The molecule has 1 atom stereocenters. The van der Waals surface area contributed by atoms with Crippen LogP contribution < -0.4 is 4.74 Å². The van der Waals surface area contributed by atoms with Crippen LogP contribution in [0.25, 0.3) is 0 Å². The monoisotopic (exact) mass is 396 g/mol. The molecule has 1 amide bonds. The van der Waals surface area contributed by atoms with E-state index in [9.17, 15) is 4.79 Å². The van der Waals surface area contributed by atoms with Crippen LogP contribution in [0.3, 0.4) is 0 Å². The molecule has 1 fully saturated rings. The van der Waals surface area contributed by atoms with E-state index in [-0.39, 0.29) is 11.9 Å². The number of amides is 1. The Morgan fingerprint density at radius 1 is 1.25 bits per heavy atom. The molecule has 144 valence electrons. The molecule has 1 aliphatic rings. The van der Waals surface area contributed by atoms with Gasteiger partial charge in [-0.25, -0.2) is 4.98 Å². The average Bonchev–Trinajstić information content (AvgIpc) is 3.38. The maximum absolute atomic E-state index is 13.1. The Labute approximate surface area is 168 Å². The number of carbonyl (C=O) groups excluding carboxylic acids is 1. The van der Waals surface area contributed by atoms with Crippen molar-refractivity contribution in [2.45, 2.75) is 25.3 Å². The van der Waals surface area contributed by atoms with E-state index >= 15 is 0 Å². The number of methoxy groups -OCH3 is 1. The summed E-state index contributed by atoms with van der Waals surface area (Å²) in [6.45, 7) is 0.670. The maximum atomic E-state index is 13.1. The molecule has 1 aromatic heterocycles. The fourth-order valence-corrected chi connectivity index (χ4v) is 3.83. The molecular weight excluding hydrogens is 376 g/mol. The third kappa shape index (κ3) is 3.62. The second kappa shape index (κ2) is 8.07. The first-order chi connectivity index (χ1) is 13.7. The van der Waals surface area contributed by atoms with Gasteiger partial charge in [-0.2, -0.15) is 0 Å². The van der Waals surface area contributed by atoms with Gasteiger partial charge in [-0.15, -0.1) is 0 Å². The van der Waals surface area contributed by atoms with E-state index in [0.29, 0.717) is 35.2 Å². The number of carbonyl (C=O) groups is 1. The second-order valence-corrected chi connectivity index (χ2v) is 7.20. The van der Waals surface area contributed by atoms with Crippen LogP contribution in [0.15, 0.2) is 59.1 Å². The number of para-hydroxylation sites is 1. The van der Waals surface area contributed by atoms with Gasteiger partial charge >= 0.3 is 0 Å². The van der Waals surface area contributed by atoms with Crippen molar-refractivity contribution in [1.29, 1.82) is 0 Å². The second-order valence-electron chi connectivity index (χ2n) is 6.79. The first kappa shape index (κ1) is 18.6. The quantitative estimate of drug-likeness (QED) is 0.615. The normalized spacial score (nSPS) is 16.4. The Morgan fingerprint density at radius 2 is 2.04 bits per heavy atom. The summed E-state index contributed by atoms with van der Waals surface area (Å²) in [6.07, 6.45) is 4.03. The zero-order valence-electron chi connectivity index (χ0n) is 15.6. The number of halogens is 1. The first-order valence-electron chi connectivity index (χ1n) is 9.29. The third-order valence-corrected chi connectivity index (χ3v) is 5.40. The number of likely N-dealkylation sites (tertiary alicyclic amines) is 1. The Balaban J connectivity index is 1.55. The van der Waals surface area contributed by atoms with Gasteiger partial charge in [0.15, 0.2) is 0 Å². The van der Waals surface area contributed by atoms with Crippen LogP contribution in [0.4, 0.5) is 0 Å². The lowest BCUT2D eigenvalue weighted by atomic mass is 10.1. The maximum Gasteiger partial charge on any atom is 0.258 e. The summed E-state index contributed by atoms with van der Waals surface area (Å²) in [4.78, 5) is 19.4. The summed E-state index contributed by atoms with van der Waals surface area (Å²) in [5, 5.41) is 0.703. The summed E-state index contributed by atoms with van der Waals surface area (Å²) in [5.74, 6) is 1.82. The minimum absolute atomic E-state index is 0.0641. The smallest absolute Gasteiger partial charge is 0.258 e. The number of oxazole rings is 1. The number of nitrogens with zero attached hydrogens (tertiary/aromatic N) is 2. The Bertz CT molecular complexity index is 985. The molecule has 1 saturated heterocycles. The summed E-state index contributed by atoms with van der Waals surface area (Å²) < 4.78 is 11.4. The largest absolute Gasteiger partial charge is 0.496 e. The van der Waals surface area contributed by atoms with Gasteiger partial charge in [0, 0.05) is 18.0 Å². The van der Waals surface area contributed by atoms with Crippen LogP contribution in [0.2, 0.25) is 5.02 Å². The Hall–Kier alpha value is -2.79. The number of hydrogen-bond donors (Lipinski definition) is 0. The van der Waals surface area contributed by atoms with Crippen molar-refractivity contribution in [2.24, 2.45) is 0 Å². The molecular formula is C22H21ClN2O3. The molecule has 0 bridgehead atoms. The van der Waals surface area contributed by atoms with Crippen molar-refractivity contribution in [3.8, 4) is 5.75 Å². The molecule has 2 aromatic carbocycles. The van der Waals surface area contributed by atoms with E-state index in [2.05, 4.69) is 4.98 Å². The minimum Gasteiger partial charge on any atom is -0.496 e. The lowest BCUT2D eigenvalue weighted by molar-refractivity contribution is 0.0711. The van der Waals surface area contributed by atoms with E-state index in [1.54, 1.807) is 25.4 Å². The average molecular weight is 397 g/mol. The number of rotatable bonds is 5. The Kier molecular flexibility index (Phi) is 5.35. The predicted octanol–water partition coefficient (Wildman–Crippen LogP) is 4.90. The van der Waals surface area contributed by atoms with Crippen LogP contribution in [-0.2, 0) is 6.42 Å². The van der Waals surface area contributed by atoms with Crippen LogP contribution in [0, 0.1) is 0 Å². The molecule has 3 aromatic rings. The molecule has 0 radical (unpaired) electrons. The van der Waals surface area contributed by atoms with Crippen molar-refractivity contribution in [3.63, 3.8) is 0 Å². The van der Waals surface area contributed by atoms with E-state index in [1.807, 2.05) is 41.3 Å². The molecule has 1 unspecified atom stereocenters. The highest BCUT2D eigenvalue weighted by molar-refractivity contribution is 6.31. The zero-order valence-corrected chi connectivity index (χ0v) is 16.4. The third-order valence-electron chi connectivity index (χ3n) is 5.03. The van der Waals surface area contributed by atoms with Crippen LogP contribution in [0.1, 0.15) is 46.5 Å². The van der Waals surface area contributed by atoms with Crippen molar-refractivity contribution in [2.75, 3.05) is 13.7 Å². The van der Waals surface area contributed by atoms with Crippen LogP contribution >= 0.6 is 11.6 Å². The highest BCUT2D eigenvalue weighted by atomic mass is 35.5. The number of hydrogen-bond acceptors (Lipinski definition) is 4. The number of aromatic nitrogens is 1. The molecule has 0 N–H and O–H groups in total. The molecule has 4 rings (SSSR count). The molecule has 1 aliphatic heterocycles. The molecule has 0 spiro atoms. The minimum atomic E-state index is -0.169. The molecule has 28 heavy (non-hydrogen) atoms. The Morgan fingerprint density at radius 3 is 2.86 bits per heavy atom. The lowest BCUT2D eigenvalue weighted by Crippen LogP contribution is -2.31. The molecule has 2 heterocycles. The first-order valence-corrected chi connectivity index (χ1v) is 9.67. The SMILES string of the molecule is COc1ccccc1C(=O)N1CCCC1c1ncc(Cc2ccccc2Cl)o1. The van der Waals surface area contributed by atoms with Gasteiger partial charge in [0.1, 0.15) is 17.6 Å². The highest BCUT2D eigenvalue weighted by Gasteiger charge is 2.34. The van der Waals surface area contributed by atoms with Crippen LogP contribution in [-0.4, -0.2) is 29.4 Å². The van der Waals surface area contributed by atoms with Crippen molar-refractivity contribution in [1.82, 2.24) is 9.88 Å². The molecule has 6 heteroatoms. The summed E-state index contributed by atoms with van der Waals surface area (Å²) >= 11 is 6.24. The molecule has 0 aliphatic carbocycles. The van der Waals surface area contributed by atoms with E-state index in [0.717, 1.165) is 24.2 Å². The van der Waals surface area contributed by atoms with Gasteiger partial charge in [0.05, 0.1) is 18.9 Å². The topological polar surface area (TPSA) is 55.6 Å². The predicted molar refractivity (Wildman–Crippen MR) is 107 cm³/mol. The number of ether oxygens (including phenoxy) is 1. The van der Waals surface area contributed by atoms with Crippen molar-refractivity contribution >= 4 is 17.5 Å². The van der Waals surface area contributed by atoms with Crippen molar-refractivity contribution in [3.05, 3.63) is 82.5 Å². The lowest BCUT2D eigenvalue weighted by Gasteiger charge is -2.23. The fraction of sp³-hybridized carbons (Fsp3) is 0.273. The van der Waals surface area contributed by atoms with E-state index in [1.165, 1.54) is 0 Å². The summed E-state index contributed by atoms with van der Waals surface area (Å²) in [6, 6.07) is 14.8. The van der Waals surface area contributed by atoms with Crippen molar-refractivity contribution < 1.29 is 13.9 Å². The fourth-order valence-electron chi connectivity index (χ4n) is 3.63. The zero-order chi connectivity index (χ0) is 19.5. The number of benzene rings is 2. The van der Waals surface area contributed by atoms with E-state index in [4.69, 9.17) is 20.8 Å². The van der Waals surface area contributed by atoms with Crippen LogP contribution in [0.5, 0.6) is 5.75 Å². The van der Waals surface area contributed by atoms with Gasteiger partial charge in [-0.05, 0) is 36.6 Å². The standard InChI is InChI=1S/C22H21ClN2O3/c1-27-20-11-5-3-8-17(20)22(26)25-12-6-10-19(25)21-24-14-16(28-21)13-15-7-2-4-9-18(15)23/h2-5,7-9,11,14,19H,6,10,12-13H2,1H3. The summed E-state index contributed by atoms with van der Waals surface area (Å²) in [5.41, 5.74) is 1.54. The van der Waals surface area contributed by atoms with Gasteiger partial charge in [0.2, 0.25) is 5.89 Å². The summed E-state index contributed by atoms with van der Waals surface area (Å²) in [7, 11) is 1.57. The van der Waals surface area contributed by atoms with Gasteiger partial charge in [0.25, 0.3) is 5.91 Å². The van der Waals surface area contributed by atoms with E-state index < -0.39 is 0 Å². The molecule has 0 saturated carbocycles. The van der Waals surface area contributed by atoms with Gasteiger partial charge in [-0.1, -0.05) is 41.9 Å². The highest BCUT2D eigenvalue weighted by Crippen LogP contribution is 2.34.